The summed E-state index contributed by atoms with van der Waals surface area (Å²) in [5, 5.41) is 13.0. The van der Waals surface area contributed by atoms with E-state index in [1.807, 2.05) is 75.4 Å². The second kappa shape index (κ2) is 8.62. The van der Waals surface area contributed by atoms with Crippen molar-refractivity contribution < 1.29 is 19.1 Å². The molecule has 1 saturated carbocycles. The number of nitriles is 1. The quantitative estimate of drug-likeness (QED) is 0.682. The van der Waals surface area contributed by atoms with Gasteiger partial charge in [-0.1, -0.05) is 69.3 Å². The van der Waals surface area contributed by atoms with E-state index in [0.717, 1.165) is 11.1 Å². The fourth-order valence-corrected chi connectivity index (χ4v) is 6.22. The van der Waals surface area contributed by atoms with E-state index in [2.05, 4.69) is 11.4 Å². The van der Waals surface area contributed by atoms with E-state index in [9.17, 15) is 19.6 Å². The molecule has 1 saturated heterocycles. The summed E-state index contributed by atoms with van der Waals surface area (Å²) in [7, 11) is 1.60. The van der Waals surface area contributed by atoms with Crippen molar-refractivity contribution in [1.29, 1.82) is 5.26 Å². The highest BCUT2D eigenvalue weighted by molar-refractivity contribution is 6.07. The average Bonchev–Trinajstić information content (AvgIpc) is 3.47. The summed E-state index contributed by atoms with van der Waals surface area (Å²) in [5.74, 6) is -0.619. The molecule has 37 heavy (non-hydrogen) atoms. The van der Waals surface area contributed by atoms with Gasteiger partial charge in [0.2, 0.25) is 11.8 Å². The zero-order chi connectivity index (χ0) is 26.6. The first-order chi connectivity index (χ1) is 17.5. The van der Waals surface area contributed by atoms with Gasteiger partial charge in [0, 0.05) is 25.7 Å². The third-order valence-corrected chi connectivity index (χ3v) is 8.32. The molecular formula is C29H32N4O4. The molecule has 1 unspecified atom stereocenters. The SMILES string of the molecule is CN(C(=O)OCc1ccccc1)[C@@]1(C(=O)N2C[C@]3(C[C@H]2C#N)C(=O)Nc2ccccc23)CC1C(C)(C)C. The van der Waals surface area contributed by atoms with Gasteiger partial charge >= 0.3 is 6.09 Å². The Morgan fingerprint density at radius 2 is 1.81 bits per heavy atom. The van der Waals surface area contributed by atoms with Crippen LogP contribution in [0.25, 0.3) is 0 Å². The molecule has 1 spiro atoms. The van der Waals surface area contributed by atoms with Gasteiger partial charge in [0.1, 0.15) is 18.2 Å². The number of anilines is 1. The van der Waals surface area contributed by atoms with Gasteiger partial charge < -0.3 is 15.0 Å². The molecule has 192 valence electrons. The molecule has 2 aromatic carbocycles. The predicted molar refractivity (Wildman–Crippen MR) is 137 cm³/mol. The highest BCUT2D eigenvalue weighted by atomic mass is 16.6. The van der Waals surface area contributed by atoms with Gasteiger partial charge in [-0.3, -0.25) is 14.5 Å². The maximum absolute atomic E-state index is 14.3. The van der Waals surface area contributed by atoms with E-state index >= 15 is 0 Å². The van der Waals surface area contributed by atoms with Crippen LogP contribution < -0.4 is 5.32 Å². The van der Waals surface area contributed by atoms with Crippen molar-refractivity contribution >= 4 is 23.6 Å². The van der Waals surface area contributed by atoms with Crippen LogP contribution in [-0.2, 0) is 26.3 Å². The lowest BCUT2D eigenvalue weighted by molar-refractivity contribution is -0.139. The lowest BCUT2D eigenvalue weighted by Crippen LogP contribution is -2.55. The number of carbonyl (C=O) groups is 3. The van der Waals surface area contributed by atoms with E-state index in [0.29, 0.717) is 12.1 Å². The molecule has 0 radical (unpaired) electrons. The topological polar surface area (TPSA) is 103 Å². The highest BCUT2D eigenvalue weighted by Gasteiger charge is 2.71. The molecule has 2 heterocycles. The number of benzene rings is 2. The lowest BCUT2D eigenvalue weighted by Gasteiger charge is -2.35. The van der Waals surface area contributed by atoms with Crippen molar-refractivity contribution in [2.75, 3.05) is 18.9 Å². The Morgan fingerprint density at radius 1 is 1.14 bits per heavy atom. The Hall–Kier alpha value is -3.86. The smallest absolute Gasteiger partial charge is 0.410 e. The molecule has 1 N–H and O–H groups in total. The number of hydrogen-bond donors (Lipinski definition) is 1. The minimum absolute atomic E-state index is 0.0957. The fourth-order valence-electron chi connectivity index (χ4n) is 6.22. The molecule has 2 aromatic rings. The minimum Gasteiger partial charge on any atom is -0.445 e. The summed E-state index contributed by atoms with van der Waals surface area (Å²) in [6.45, 7) is 6.33. The van der Waals surface area contributed by atoms with Crippen LogP contribution in [0.4, 0.5) is 10.5 Å². The number of likely N-dealkylation sites (N-methyl/N-ethyl adjacent to an activating group) is 1. The van der Waals surface area contributed by atoms with Gasteiger partial charge in [0.15, 0.2) is 0 Å². The van der Waals surface area contributed by atoms with Crippen molar-refractivity contribution in [2.24, 2.45) is 11.3 Å². The van der Waals surface area contributed by atoms with E-state index in [-0.39, 0.29) is 42.7 Å². The molecular weight excluding hydrogens is 468 g/mol. The first-order valence-corrected chi connectivity index (χ1v) is 12.6. The first-order valence-electron chi connectivity index (χ1n) is 12.6. The van der Waals surface area contributed by atoms with E-state index in [1.165, 1.54) is 9.80 Å². The highest BCUT2D eigenvalue weighted by Crippen LogP contribution is 2.59. The molecule has 2 fully saturated rings. The number of likely N-dealkylation sites (tertiary alicyclic amines) is 1. The van der Waals surface area contributed by atoms with Crippen LogP contribution in [0.15, 0.2) is 54.6 Å². The molecule has 0 aromatic heterocycles. The summed E-state index contributed by atoms with van der Waals surface area (Å²) in [5.41, 5.74) is -0.00405. The van der Waals surface area contributed by atoms with Gasteiger partial charge in [-0.2, -0.15) is 5.26 Å². The number of fused-ring (bicyclic) bond motifs is 2. The number of amides is 3. The Kier molecular flexibility index (Phi) is 5.78. The minimum atomic E-state index is -1.14. The van der Waals surface area contributed by atoms with Gasteiger partial charge in [-0.25, -0.2) is 4.79 Å². The lowest BCUT2D eigenvalue weighted by atomic mass is 9.80. The van der Waals surface area contributed by atoms with E-state index in [1.54, 1.807) is 7.05 Å². The molecule has 8 heteroatoms. The maximum atomic E-state index is 14.3. The van der Waals surface area contributed by atoms with Crippen molar-refractivity contribution in [3.05, 3.63) is 65.7 Å². The molecule has 8 nitrogen and oxygen atoms in total. The molecule has 0 bridgehead atoms. The maximum Gasteiger partial charge on any atom is 0.410 e. The monoisotopic (exact) mass is 500 g/mol. The number of nitrogens with zero attached hydrogens (tertiary/aromatic N) is 3. The van der Waals surface area contributed by atoms with Gasteiger partial charge in [0.25, 0.3) is 0 Å². The number of nitrogens with one attached hydrogen (secondary N) is 1. The predicted octanol–water partition coefficient (Wildman–Crippen LogP) is 4.07. The summed E-state index contributed by atoms with van der Waals surface area (Å²) >= 11 is 0. The van der Waals surface area contributed by atoms with Crippen LogP contribution in [0, 0.1) is 22.7 Å². The van der Waals surface area contributed by atoms with Gasteiger partial charge in [-0.05, 0) is 34.9 Å². The number of rotatable bonds is 4. The number of carbonyl (C=O) groups excluding carboxylic acids is 3. The normalized spacial score (nSPS) is 27.9. The summed E-state index contributed by atoms with van der Waals surface area (Å²) < 4.78 is 5.59. The van der Waals surface area contributed by atoms with Gasteiger partial charge in [-0.15, -0.1) is 0 Å². The zero-order valence-electron chi connectivity index (χ0n) is 21.7. The molecule has 3 amide bonds. The summed E-state index contributed by atoms with van der Waals surface area (Å²) in [6.07, 6.45) is 0.100. The van der Waals surface area contributed by atoms with Crippen molar-refractivity contribution in [1.82, 2.24) is 9.80 Å². The van der Waals surface area contributed by atoms with Crippen molar-refractivity contribution in [3.8, 4) is 6.07 Å². The average molecular weight is 501 g/mol. The Morgan fingerprint density at radius 3 is 2.46 bits per heavy atom. The molecule has 1 aliphatic carbocycles. The Balaban J connectivity index is 1.44. The summed E-state index contributed by atoms with van der Waals surface area (Å²) in [4.78, 5) is 43.7. The van der Waals surface area contributed by atoms with Crippen LogP contribution in [-0.4, -0.2) is 52.9 Å². The third-order valence-electron chi connectivity index (χ3n) is 8.32. The van der Waals surface area contributed by atoms with Crippen LogP contribution in [0.2, 0.25) is 0 Å². The second-order valence-electron chi connectivity index (χ2n) is 11.5. The van der Waals surface area contributed by atoms with Crippen LogP contribution in [0.3, 0.4) is 0 Å². The Bertz CT molecular complexity index is 1300. The first kappa shape index (κ1) is 24.8. The molecule has 4 atom stereocenters. The number of para-hydroxylation sites is 1. The molecule has 3 aliphatic rings. The van der Waals surface area contributed by atoms with Crippen LogP contribution in [0.1, 0.15) is 44.7 Å². The van der Waals surface area contributed by atoms with E-state index in [4.69, 9.17) is 4.74 Å². The van der Waals surface area contributed by atoms with Gasteiger partial charge in [0.05, 0.1) is 11.5 Å². The van der Waals surface area contributed by atoms with E-state index < -0.39 is 23.1 Å². The van der Waals surface area contributed by atoms with Crippen LogP contribution >= 0.6 is 0 Å². The second-order valence-corrected chi connectivity index (χ2v) is 11.5. The molecule has 2 aliphatic heterocycles. The summed E-state index contributed by atoms with van der Waals surface area (Å²) in [6, 6.07) is 18.3. The number of ether oxygens (including phenoxy) is 1. The van der Waals surface area contributed by atoms with Crippen molar-refractivity contribution in [2.45, 2.75) is 57.2 Å². The Labute approximate surface area is 217 Å². The third kappa shape index (κ3) is 3.85. The van der Waals surface area contributed by atoms with Crippen molar-refractivity contribution in [3.63, 3.8) is 0 Å². The van der Waals surface area contributed by atoms with Crippen LogP contribution in [0.5, 0.6) is 0 Å². The zero-order valence-corrected chi connectivity index (χ0v) is 21.7. The number of hydrogen-bond acceptors (Lipinski definition) is 5. The largest absolute Gasteiger partial charge is 0.445 e. The fraction of sp³-hybridized carbons (Fsp3) is 0.448. The molecule has 5 rings (SSSR count). The standard InChI is InChI=1S/C29H32N4O4/c1-27(2,3)23-15-29(23,32(4)26(36)37-17-19-10-6-5-7-11-19)25(35)33-18-28(14-20(33)16-30)21-12-8-9-13-22(21)31-24(28)34/h5-13,20,23H,14-15,17-18H2,1-4H3,(H,31,34)/t20-,23?,28-,29-/m0/s1.